The molecule has 1 rings (SSSR count). The molecule has 1 aromatic rings. The lowest BCUT2D eigenvalue weighted by Gasteiger charge is -2.02. The van der Waals surface area contributed by atoms with E-state index in [0.29, 0.717) is 25.2 Å². The Morgan fingerprint density at radius 1 is 1.47 bits per heavy atom. The molecular formula is C12H18O2S. The Hall–Kier alpha value is -0.670. The molecule has 1 aromatic heterocycles. The molecule has 0 atom stereocenters. The van der Waals surface area contributed by atoms with Crippen LogP contribution in [0.5, 0.6) is 0 Å². The molecule has 3 heteroatoms. The van der Waals surface area contributed by atoms with Crippen molar-refractivity contribution in [2.45, 2.75) is 32.6 Å². The summed E-state index contributed by atoms with van der Waals surface area (Å²) in [5.74, 6) is 0.330. The Bertz CT molecular complexity index is 267. The van der Waals surface area contributed by atoms with Crippen molar-refractivity contribution in [1.29, 1.82) is 0 Å². The predicted molar refractivity (Wildman–Crippen MR) is 63.4 cm³/mol. The molecule has 0 saturated heterocycles. The molecular weight excluding hydrogens is 208 g/mol. The van der Waals surface area contributed by atoms with Crippen molar-refractivity contribution in [1.82, 2.24) is 0 Å². The van der Waals surface area contributed by atoms with E-state index in [4.69, 9.17) is 4.74 Å². The van der Waals surface area contributed by atoms with E-state index in [2.05, 4.69) is 17.5 Å². The van der Waals surface area contributed by atoms with Gasteiger partial charge in [0.1, 0.15) is 5.78 Å². The third-order valence-corrected chi connectivity index (χ3v) is 3.15. The number of thiophene rings is 1. The lowest BCUT2D eigenvalue weighted by Crippen LogP contribution is -2.02. The largest absolute Gasteiger partial charge is 0.381 e. The molecule has 0 aliphatic carbocycles. The van der Waals surface area contributed by atoms with Crippen LogP contribution in [0.4, 0.5) is 0 Å². The normalized spacial score (nSPS) is 10.5. The highest BCUT2D eigenvalue weighted by atomic mass is 32.1. The molecule has 0 saturated carbocycles. The van der Waals surface area contributed by atoms with Crippen LogP contribution in [0.15, 0.2) is 17.5 Å². The van der Waals surface area contributed by atoms with Gasteiger partial charge in [0.05, 0.1) is 6.61 Å². The van der Waals surface area contributed by atoms with Crippen LogP contribution < -0.4 is 0 Å². The minimum absolute atomic E-state index is 0.330. The van der Waals surface area contributed by atoms with E-state index in [-0.39, 0.29) is 0 Å². The van der Waals surface area contributed by atoms with Crippen LogP contribution in [0.25, 0.3) is 0 Å². The van der Waals surface area contributed by atoms with Gasteiger partial charge in [-0.1, -0.05) is 13.0 Å². The minimum atomic E-state index is 0.330. The SMILES string of the molecule is CCC(=O)CCCOCCc1cccs1. The first kappa shape index (κ1) is 12.4. The van der Waals surface area contributed by atoms with Gasteiger partial charge < -0.3 is 4.74 Å². The molecule has 0 amide bonds. The van der Waals surface area contributed by atoms with Crippen molar-refractivity contribution in [2.75, 3.05) is 13.2 Å². The summed E-state index contributed by atoms with van der Waals surface area (Å²) in [5.41, 5.74) is 0. The smallest absolute Gasteiger partial charge is 0.132 e. The molecule has 0 bridgehead atoms. The van der Waals surface area contributed by atoms with Gasteiger partial charge >= 0.3 is 0 Å². The Balaban J connectivity index is 1.91. The second-order valence-corrected chi connectivity index (χ2v) is 4.47. The zero-order valence-corrected chi connectivity index (χ0v) is 10.0. The number of ketones is 1. The minimum Gasteiger partial charge on any atom is -0.381 e. The molecule has 0 fully saturated rings. The molecule has 0 spiro atoms. The van der Waals surface area contributed by atoms with Gasteiger partial charge in [-0.3, -0.25) is 4.79 Å². The predicted octanol–water partition coefficient (Wildman–Crippen LogP) is 3.07. The number of hydrogen-bond acceptors (Lipinski definition) is 3. The van der Waals surface area contributed by atoms with Gasteiger partial charge in [0, 0.05) is 30.7 Å². The summed E-state index contributed by atoms with van der Waals surface area (Å²) in [6.07, 6.45) is 3.15. The highest BCUT2D eigenvalue weighted by Crippen LogP contribution is 2.08. The zero-order valence-electron chi connectivity index (χ0n) is 9.20. The van der Waals surface area contributed by atoms with Crippen LogP contribution in [0.3, 0.4) is 0 Å². The molecule has 2 nitrogen and oxygen atoms in total. The topological polar surface area (TPSA) is 26.3 Å². The number of hydrogen-bond donors (Lipinski definition) is 0. The molecule has 0 N–H and O–H groups in total. The maximum absolute atomic E-state index is 11.0. The summed E-state index contributed by atoms with van der Waals surface area (Å²) >= 11 is 1.76. The molecule has 0 radical (unpaired) electrons. The Kier molecular flexibility index (Phi) is 6.28. The Morgan fingerprint density at radius 2 is 2.33 bits per heavy atom. The first-order valence-corrected chi connectivity index (χ1v) is 6.32. The summed E-state index contributed by atoms with van der Waals surface area (Å²) in [5, 5.41) is 2.08. The average Bonchev–Trinajstić information content (AvgIpc) is 2.75. The maximum Gasteiger partial charge on any atom is 0.132 e. The van der Waals surface area contributed by atoms with Crippen molar-refractivity contribution < 1.29 is 9.53 Å². The lowest BCUT2D eigenvalue weighted by molar-refractivity contribution is -0.119. The van der Waals surface area contributed by atoms with Crippen LogP contribution in [-0.4, -0.2) is 19.0 Å². The van der Waals surface area contributed by atoms with E-state index in [1.807, 2.05) is 6.92 Å². The molecule has 0 unspecified atom stereocenters. The van der Waals surface area contributed by atoms with Crippen molar-refractivity contribution in [2.24, 2.45) is 0 Å². The Morgan fingerprint density at radius 3 is 3.00 bits per heavy atom. The van der Waals surface area contributed by atoms with E-state index >= 15 is 0 Å². The van der Waals surface area contributed by atoms with E-state index in [1.165, 1.54) is 4.88 Å². The molecule has 84 valence electrons. The van der Waals surface area contributed by atoms with Crippen LogP contribution in [0, 0.1) is 0 Å². The summed E-state index contributed by atoms with van der Waals surface area (Å²) in [6.45, 7) is 3.37. The number of ether oxygens (including phenoxy) is 1. The lowest BCUT2D eigenvalue weighted by atomic mass is 10.2. The van der Waals surface area contributed by atoms with Crippen LogP contribution in [0.1, 0.15) is 31.1 Å². The summed E-state index contributed by atoms with van der Waals surface area (Å²) in [7, 11) is 0. The molecule has 0 aliphatic rings. The van der Waals surface area contributed by atoms with Gasteiger partial charge in [0.15, 0.2) is 0 Å². The van der Waals surface area contributed by atoms with E-state index in [1.54, 1.807) is 11.3 Å². The fourth-order valence-electron chi connectivity index (χ4n) is 1.28. The van der Waals surface area contributed by atoms with Gasteiger partial charge in [-0.15, -0.1) is 11.3 Å². The van der Waals surface area contributed by atoms with Crippen molar-refractivity contribution in [3.63, 3.8) is 0 Å². The number of rotatable bonds is 8. The van der Waals surface area contributed by atoms with Crippen LogP contribution in [0.2, 0.25) is 0 Å². The molecule has 0 aromatic carbocycles. The third kappa shape index (κ3) is 5.70. The second-order valence-electron chi connectivity index (χ2n) is 3.44. The number of Topliss-reactive ketones (excluding diaryl/α,β-unsaturated/α-hetero) is 1. The van der Waals surface area contributed by atoms with E-state index < -0.39 is 0 Å². The average molecular weight is 226 g/mol. The fourth-order valence-corrected chi connectivity index (χ4v) is 1.97. The highest BCUT2D eigenvalue weighted by Gasteiger charge is 1.98. The van der Waals surface area contributed by atoms with Crippen molar-refractivity contribution >= 4 is 17.1 Å². The van der Waals surface area contributed by atoms with Crippen molar-refractivity contribution in [3.8, 4) is 0 Å². The van der Waals surface area contributed by atoms with Gasteiger partial charge in [-0.2, -0.15) is 0 Å². The maximum atomic E-state index is 11.0. The third-order valence-electron chi connectivity index (χ3n) is 2.21. The number of carbonyl (C=O) groups excluding carboxylic acids is 1. The van der Waals surface area contributed by atoms with Crippen LogP contribution >= 0.6 is 11.3 Å². The van der Waals surface area contributed by atoms with Gasteiger partial charge in [0.25, 0.3) is 0 Å². The standard InChI is InChI=1S/C12H18O2S/c1-2-11(13)5-3-8-14-9-7-12-6-4-10-15-12/h4,6,10H,2-3,5,7-9H2,1H3. The Labute approximate surface area is 95.3 Å². The highest BCUT2D eigenvalue weighted by molar-refractivity contribution is 7.09. The molecule has 1 heterocycles. The number of carbonyl (C=O) groups is 1. The fraction of sp³-hybridized carbons (Fsp3) is 0.583. The quantitative estimate of drug-likeness (QED) is 0.637. The first-order valence-electron chi connectivity index (χ1n) is 5.44. The van der Waals surface area contributed by atoms with Crippen LogP contribution in [-0.2, 0) is 16.0 Å². The summed E-state index contributed by atoms with van der Waals surface area (Å²) in [4.78, 5) is 12.3. The van der Waals surface area contributed by atoms with Gasteiger partial charge in [-0.25, -0.2) is 0 Å². The van der Waals surface area contributed by atoms with Gasteiger partial charge in [0.2, 0.25) is 0 Å². The summed E-state index contributed by atoms with van der Waals surface area (Å²) < 4.78 is 5.46. The first-order chi connectivity index (χ1) is 7.33. The summed E-state index contributed by atoms with van der Waals surface area (Å²) in [6, 6.07) is 4.18. The monoisotopic (exact) mass is 226 g/mol. The molecule has 0 aliphatic heterocycles. The van der Waals surface area contributed by atoms with E-state index in [9.17, 15) is 4.79 Å². The second kappa shape index (κ2) is 7.60. The van der Waals surface area contributed by atoms with Gasteiger partial charge in [-0.05, 0) is 17.9 Å². The molecule has 15 heavy (non-hydrogen) atoms. The van der Waals surface area contributed by atoms with Crippen molar-refractivity contribution in [3.05, 3.63) is 22.4 Å². The van der Waals surface area contributed by atoms with E-state index in [0.717, 1.165) is 19.4 Å². The zero-order chi connectivity index (χ0) is 10.9.